The van der Waals surface area contributed by atoms with Crippen LogP contribution in [0.4, 0.5) is 0 Å². The van der Waals surface area contributed by atoms with E-state index in [4.69, 9.17) is 5.73 Å². The maximum absolute atomic E-state index is 6.08. The van der Waals surface area contributed by atoms with Gasteiger partial charge in [0.2, 0.25) is 0 Å². The first kappa shape index (κ1) is 11.0. The molecule has 1 heterocycles. The Morgan fingerprint density at radius 2 is 2.06 bits per heavy atom. The number of nitrogens with two attached hydrogens (primary N) is 1. The molecule has 1 unspecified atom stereocenters. The number of hydrogen-bond donors (Lipinski definition) is 1. The number of nitrogens with zero attached hydrogens (tertiary/aromatic N) is 2. The molecule has 92 valence electrons. The minimum atomic E-state index is 0.297. The van der Waals surface area contributed by atoms with Gasteiger partial charge in [-0.1, -0.05) is 0 Å². The number of hydrogen-bond acceptors (Lipinski definition) is 3. The molecule has 3 heteroatoms. The zero-order chi connectivity index (χ0) is 11.2. The minimum absolute atomic E-state index is 0.297. The van der Waals surface area contributed by atoms with E-state index >= 15 is 0 Å². The first-order chi connectivity index (χ1) is 7.73. The minimum Gasteiger partial charge on any atom is -0.329 e. The Morgan fingerprint density at radius 3 is 2.62 bits per heavy atom. The lowest BCUT2D eigenvalue weighted by molar-refractivity contribution is 0.122. The molecule has 0 aromatic carbocycles. The Bertz CT molecular complexity index is 260. The van der Waals surface area contributed by atoms with Crippen LogP contribution in [0.5, 0.6) is 0 Å². The van der Waals surface area contributed by atoms with E-state index in [1.54, 1.807) is 0 Å². The van der Waals surface area contributed by atoms with Crippen LogP contribution in [0, 0.1) is 5.92 Å². The Hall–Kier alpha value is -0.120. The van der Waals surface area contributed by atoms with E-state index in [1.165, 1.54) is 51.7 Å². The van der Waals surface area contributed by atoms with E-state index in [0.717, 1.165) is 18.5 Å². The molecule has 3 nitrogen and oxygen atoms in total. The fraction of sp³-hybridized carbons (Fsp3) is 1.00. The van der Waals surface area contributed by atoms with Crippen molar-refractivity contribution in [3.05, 3.63) is 0 Å². The summed E-state index contributed by atoms with van der Waals surface area (Å²) in [5.41, 5.74) is 6.38. The second kappa shape index (κ2) is 3.97. The van der Waals surface area contributed by atoms with Crippen molar-refractivity contribution < 1.29 is 0 Å². The van der Waals surface area contributed by atoms with Crippen LogP contribution in [0.1, 0.15) is 32.1 Å². The van der Waals surface area contributed by atoms with Crippen LogP contribution in [0.15, 0.2) is 0 Å². The quantitative estimate of drug-likeness (QED) is 0.751. The fourth-order valence-corrected chi connectivity index (χ4v) is 3.15. The van der Waals surface area contributed by atoms with Gasteiger partial charge in [-0.05, 0) is 45.1 Å². The van der Waals surface area contributed by atoms with Gasteiger partial charge in [-0.15, -0.1) is 0 Å². The van der Waals surface area contributed by atoms with Crippen molar-refractivity contribution in [3.63, 3.8) is 0 Å². The van der Waals surface area contributed by atoms with Crippen molar-refractivity contribution in [1.82, 2.24) is 9.80 Å². The summed E-state index contributed by atoms with van der Waals surface area (Å²) in [7, 11) is 2.29. The molecule has 0 radical (unpaired) electrons. The molecule has 1 saturated heterocycles. The molecule has 2 aliphatic carbocycles. The normalized spacial score (nSPS) is 36.2. The molecular weight excluding hydrogens is 198 g/mol. The topological polar surface area (TPSA) is 32.5 Å². The maximum Gasteiger partial charge on any atom is 0.0467 e. The van der Waals surface area contributed by atoms with Crippen molar-refractivity contribution >= 4 is 0 Å². The lowest BCUT2D eigenvalue weighted by Gasteiger charge is -2.38. The van der Waals surface area contributed by atoms with Crippen molar-refractivity contribution in [1.29, 1.82) is 0 Å². The van der Waals surface area contributed by atoms with E-state index in [1.807, 2.05) is 0 Å². The van der Waals surface area contributed by atoms with Crippen molar-refractivity contribution in [2.75, 3.05) is 33.2 Å². The molecule has 0 aromatic rings. The predicted molar refractivity (Wildman–Crippen MR) is 66.4 cm³/mol. The highest BCUT2D eigenvalue weighted by Gasteiger charge is 2.45. The predicted octanol–water partition coefficient (Wildman–Crippen LogP) is 0.894. The van der Waals surface area contributed by atoms with Crippen LogP contribution >= 0.6 is 0 Å². The molecule has 3 fully saturated rings. The van der Waals surface area contributed by atoms with E-state index in [2.05, 4.69) is 16.8 Å². The molecule has 16 heavy (non-hydrogen) atoms. The van der Waals surface area contributed by atoms with E-state index in [-0.39, 0.29) is 0 Å². The summed E-state index contributed by atoms with van der Waals surface area (Å²) in [6.07, 6.45) is 7.01. The van der Waals surface area contributed by atoms with E-state index in [0.29, 0.717) is 5.54 Å². The zero-order valence-electron chi connectivity index (χ0n) is 10.5. The summed E-state index contributed by atoms with van der Waals surface area (Å²) in [5, 5.41) is 0. The zero-order valence-corrected chi connectivity index (χ0v) is 10.5. The summed E-state index contributed by atoms with van der Waals surface area (Å²) < 4.78 is 0. The standard InChI is InChI=1S/C13H25N3/c1-15(8-11-2-3-11)13(9-14)6-7-16(10-13)12-4-5-12/h11-12H,2-10,14H2,1H3. The van der Waals surface area contributed by atoms with Crippen molar-refractivity contribution in [3.8, 4) is 0 Å². The van der Waals surface area contributed by atoms with Gasteiger partial charge >= 0.3 is 0 Å². The largest absolute Gasteiger partial charge is 0.329 e. The van der Waals surface area contributed by atoms with Gasteiger partial charge in [0.25, 0.3) is 0 Å². The summed E-state index contributed by atoms with van der Waals surface area (Å²) in [6.45, 7) is 4.60. The molecule has 0 aromatic heterocycles. The number of rotatable bonds is 5. The highest BCUT2D eigenvalue weighted by molar-refractivity contribution is 5.03. The Kier molecular flexibility index (Phi) is 2.73. The van der Waals surface area contributed by atoms with Crippen LogP contribution in [0.3, 0.4) is 0 Å². The van der Waals surface area contributed by atoms with Gasteiger partial charge in [-0.25, -0.2) is 0 Å². The first-order valence-electron chi connectivity index (χ1n) is 6.89. The molecule has 2 saturated carbocycles. The molecule has 0 spiro atoms. The van der Waals surface area contributed by atoms with Crippen LogP contribution in [-0.4, -0.2) is 54.6 Å². The average Bonchev–Trinajstić information content (AvgIpc) is 3.19. The van der Waals surface area contributed by atoms with Crippen molar-refractivity contribution in [2.45, 2.75) is 43.7 Å². The molecule has 1 aliphatic heterocycles. The summed E-state index contributed by atoms with van der Waals surface area (Å²) in [6, 6.07) is 0.905. The van der Waals surface area contributed by atoms with Gasteiger partial charge < -0.3 is 5.73 Å². The second-order valence-corrected chi connectivity index (χ2v) is 6.20. The monoisotopic (exact) mass is 223 g/mol. The molecule has 0 amide bonds. The third-order valence-electron chi connectivity index (χ3n) is 4.84. The second-order valence-electron chi connectivity index (χ2n) is 6.20. The smallest absolute Gasteiger partial charge is 0.0467 e. The van der Waals surface area contributed by atoms with E-state index in [9.17, 15) is 0 Å². The Balaban J connectivity index is 1.62. The molecular formula is C13H25N3. The maximum atomic E-state index is 6.08. The van der Waals surface area contributed by atoms with Crippen LogP contribution in [0.25, 0.3) is 0 Å². The molecule has 3 rings (SSSR count). The molecule has 1 atom stereocenters. The third-order valence-corrected chi connectivity index (χ3v) is 4.84. The summed E-state index contributed by atoms with van der Waals surface area (Å²) >= 11 is 0. The lowest BCUT2D eigenvalue weighted by atomic mass is 9.96. The van der Waals surface area contributed by atoms with Gasteiger partial charge in [0.15, 0.2) is 0 Å². The molecule has 3 aliphatic rings. The molecule has 0 bridgehead atoms. The Labute approximate surface area is 99.0 Å². The lowest BCUT2D eigenvalue weighted by Crippen LogP contribution is -2.54. The molecule has 2 N–H and O–H groups in total. The number of likely N-dealkylation sites (N-methyl/N-ethyl adjacent to an activating group) is 1. The van der Waals surface area contributed by atoms with Gasteiger partial charge in [-0.2, -0.15) is 0 Å². The highest BCUT2D eigenvalue weighted by atomic mass is 15.3. The third kappa shape index (κ3) is 2.01. The first-order valence-corrected chi connectivity index (χ1v) is 6.89. The average molecular weight is 223 g/mol. The summed E-state index contributed by atoms with van der Waals surface area (Å²) in [4.78, 5) is 5.25. The van der Waals surface area contributed by atoms with Gasteiger partial charge in [0, 0.05) is 37.8 Å². The van der Waals surface area contributed by atoms with Crippen molar-refractivity contribution in [2.24, 2.45) is 11.7 Å². The van der Waals surface area contributed by atoms with E-state index < -0.39 is 0 Å². The SMILES string of the molecule is CN(CC1CC1)C1(CN)CCN(C2CC2)C1. The van der Waals surface area contributed by atoms with Gasteiger partial charge in [0.05, 0.1) is 0 Å². The van der Waals surface area contributed by atoms with Crippen LogP contribution < -0.4 is 5.73 Å². The fourth-order valence-electron chi connectivity index (χ4n) is 3.15. The van der Waals surface area contributed by atoms with Crippen LogP contribution in [0.2, 0.25) is 0 Å². The summed E-state index contributed by atoms with van der Waals surface area (Å²) in [5.74, 6) is 0.975. The highest BCUT2D eigenvalue weighted by Crippen LogP contribution is 2.37. The van der Waals surface area contributed by atoms with Crippen LogP contribution in [-0.2, 0) is 0 Å². The van der Waals surface area contributed by atoms with Gasteiger partial charge in [0.1, 0.15) is 0 Å². The van der Waals surface area contributed by atoms with Gasteiger partial charge in [-0.3, -0.25) is 9.80 Å². The number of likely N-dealkylation sites (tertiary alicyclic amines) is 1. The Morgan fingerprint density at radius 1 is 1.31 bits per heavy atom.